The van der Waals surface area contributed by atoms with E-state index in [1.54, 1.807) is 0 Å². The Morgan fingerprint density at radius 1 is 0.885 bits per heavy atom. The summed E-state index contributed by atoms with van der Waals surface area (Å²) in [6, 6.07) is 19.9. The third-order valence-electron chi connectivity index (χ3n) is 4.28. The van der Waals surface area contributed by atoms with E-state index in [-0.39, 0.29) is 0 Å². The average molecular weight is 387 g/mol. The molecule has 4 heteroatoms. The summed E-state index contributed by atoms with van der Waals surface area (Å²) in [7, 11) is -4.96. The Morgan fingerprint density at radius 3 is 1.77 bits per heavy atom. The normalized spacial score (nSPS) is 15.8. The average Bonchev–Trinajstić information content (AvgIpc) is 2.58. The summed E-state index contributed by atoms with van der Waals surface area (Å²) >= 11 is 0. The van der Waals surface area contributed by atoms with Crippen molar-refractivity contribution in [2.24, 2.45) is 0 Å². The molecule has 0 bridgehead atoms. The number of hydrogen-bond donors (Lipinski definition) is 0. The maximum Gasteiger partial charge on any atom is 0.242 e. The SMILES string of the molecule is C/C(=C(\O[Si](C)(C)C)P(=O)(c1ccccc1)C(C)(C)C)c1ccccc1. The Kier molecular flexibility index (Phi) is 6.05. The van der Waals surface area contributed by atoms with Gasteiger partial charge in [0.25, 0.3) is 0 Å². The molecule has 140 valence electrons. The summed E-state index contributed by atoms with van der Waals surface area (Å²) in [6.45, 7) is 14.6. The van der Waals surface area contributed by atoms with Crippen molar-refractivity contribution in [3.8, 4) is 0 Å². The van der Waals surface area contributed by atoms with Crippen molar-refractivity contribution < 1.29 is 8.99 Å². The van der Waals surface area contributed by atoms with E-state index < -0.39 is 20.6 Å². The van der Waals surface area contributed by atoms with Crippen molar-refractivity contribution in [3.63, 3.8) is 0 Å². The molecule has 0 aliphatic rings. The lowest BCUT2D eigenvalue weighted by Gasteiger charge is -2.37. The van der Waals surface area contributed by atoms with Crippen LogP contribution in [0.4, 0.5) is 0 Å². The summed E-state index contributed by atoms with van der Waals surface area (Å²) in [6.07, 6.45) is 0. The van der Waals surface area contributed by atoms with Crippen LogP contribution in [0, 0.1) is 0 Å². The van der Waals surface area contributed by atoms with Crippen molar-refractivity contribution in [1.29, 1.82) is 0 Å². The van der Waals surface area contributed by atoms with E-state index in [0.29, 0.717) is 5.50 Å². The molecule has 0 amide bonds. The van der Waals surface area contributed by atoms with E-state index in [2.05, 4.69) is 31.8 Å². The van der Waals surface area contributed by atoms with Crippen LogP contribution in [0.1, 0.15) is 33.3 Å². The Morgan fingerprint density at radius 2 is 1.35 bits per heavy atom. The molecular weight excluding hydrogens is 355 g/mol. The molecule has 0 radical (unpaired) electrons. The van der Waals surface area contributed by atoms with Gasteiger partial charge in [-0.3, -0.25) is 0 Å². The number of rotatable bonds is 5. The first kappa shape index (κ1) is 20.7. The van der Waals surface area contributed by atoms with Crippen molar-refractivity contribution >= 4 is 26.3 Å². The Hall–Kier alpha value is -1.57. The van der Waals surface area contributed by atoms with Gasteiger partial charge < -0.3 is 8.99 Å². The maximum atomic E-state index is 14.7. The van der Waals surface area contributed by atoms with Crippen molar-refractivity contribution in [1.82, 2.24) is 0 Å². The predicted octanol–water partition coefficient (Wildman–Crippen LogP) is 6.71. The Labute approximate surface area is 159 Å². The molecule has 0 spiro atoms. The van der Waals surface area contributed by atoms with Crippen LogP contribution in [-0.4, -0.2) is 13.5 Å². The topological polar surface area (TPSA) is 26.3 Å². The molecule has 0 aliphatic carbocycles. The summed E-state index contributed by atoms with van der Waals surface area (Å²) in [4.78, 5) is 0. The van der Waals surface area contributed by atoms with E-state index in [1.807, 2.05) is 76.2 Å². The molecule has 2 rings (SSSR count). The highest BCUT2D eigenvalue weighted by Crippen LogP contribution is 2.65. The number of benzene rings is 2. The second-order valence-corrected chi connectivity index (χ2v) is 16.5. The van der Waals surface area contributed by atoms with Gasteiger partial charge in [0, 0.05) is 16.0 Å². The highest BCUT2D eigenvalue weighted by atomic mass is 31.2. The first-order valence-electron chi connectivity index (χ1n) is 9.08. The second-order valence-electron chi connectivity index (χ2n) is 8.63. The Bertz CT molecular complexity index is 813. The molecule has 2 aromatic carbocycles. The fourth-order valence-electron chi connectivity index (χ4n) is 2.93. The van der Waals surface area contributed by atoms with Crippen LogP contribution in [0.2, 0.25) is 19.6 Å². The third kappa shape index (κ3) is 4.39. The molecule has 0 saturated carbocycles. The van der Waals surface area contributed by atoms with E-state index in [4.69, 9.17) is 4.43 Å². The first-order chi connectivity index (χ1) is 12.0. The first-order valence-corrected chi connectivity index (χ1v) is 14.2. The minimum Gasteiger partial charge on any atom is -0.542 e. The zero-order valence-corrected chi connectivity index (χ0v) is 18.9. The fraction of sp³-hybridized carbons (Fsp3) is 0.364. The molecule has 1 atom stereocenters. The molecule has 0 heterocycles. The molecule has 0 N–H and O–H groups in total. The number of hydrogen-bond acceptors (Lipinski definition) is 2. The lowest BCUT2D eigenvalue weighted by atomic mass is 10.1. The molecule has 2 aromatic rings. The van der Waals surface area contributed by atoms with Gasteiger partial charge in [-0.1, -0.05) is 81.4 Å². The van der Waals surface area contributed by atoms with Crippen molar-refractivity contribution in [2.45, 2.75) is 52.5 Å². The van der Waals surface area contributed by atoms with Crippen LogP contribution < -0.4 is 5.30 Å². The molecule has 0 fully saturated rings. The summed E-state index contributed by atoms with van der Waals surface area (Å²) in [5.41, 5.74) is 2.69. The fourth-order valence-corrected chi connectivity index (χ4v) is 7.81. The smallest absolute Gasteiger partial charge is 0.242 e. The summed E-state index contributed by atoms with van der Waals surface area (Å²) in [5.74, 6) is 0. The van der Waals surface area contributed by atoms with Gasteiger partial charge in [0.2, 0.25) is 8.32 Å². The second kappa shape index (κ2) is 7.58. The van der Waals surface area contributed by atoms with Crippen molar-refractivity contribution in [2.75, 3.05) is 0 Å². The lowest BCUT2D eigenvalue weighted by molar-refractivity contribution is 0.443. The zero-order chi connectivity index (χ0) is 19.6. The van der Waals surface area contributed by atoms with Gasteiger partial charge in [-0.2, -0.15) is 0 Å². The molecule has 0 aromatic heterocycles. The van der Waals surface area contributed by atoms with E-state index in [1.165, 1.54) is 0 Å². The largest absolute Gasteiger partial charge is 0.542 e. The summed E-state index contributed by atoms with van der Waals surface area (Å²) in [5, 5.41) is 0.412. The molecule has 26 heavy (non-hydrogen) atoms. The predicted molar refractivity (Wildman–Crippen MR) is 117 cm³/mol. The maximum absolute atomic E-state index is 14.7. The quantitative estimate of drug-likeness (QED) is 0.324. The zero-order valence-electron chi connectivity index (χ0n) is 17.0. The molecule has 0 aliphatic heterocycles. The van der Waals surface area contributed by atoms with E-state index >= 15 is 0 Å². The minimum atomic E-state index is -2.99. The minimum absolute atomic E-state index is 0.445. The lowest BCUT2D eigenvalue weighted by Crippen LogP contribution is -2.31. The van der Waals surface area contributed by atoms with Gasteiger partial charge in [0.05, 0.1) is 0 Å². The van der Waals surface area contributed by atoms with Crippen LogP contribution in [-0.2, 0) is 8.99 Å². The van der Waals surface area contributed by atoms with Gasteiger partial charge >= 0.3 is 0 Å². The van der Waals surface area contributed by atoms with E-state index in [9.17, 15) is 4.57 Å². The van der Waals surface area contributed by atoms with Crippen LogP contribution >= 0.6 is 7.14 Å². The van der Waals surface area contributed by atoms with Crippen LogP contribution in [0.15, 0.2) is 66.2 Å². The van der Waals surface area contributed by atoms with E-state index in [0.717, 1.165) is 16.4 Å². The van der Waals surface area contributed by atoms with Crippen molar-refractivity contribution in [3.05, 3.63) is 71.7 Å². The Balaban J connectivity index is 2.83. The molecule has 2 nitrogen and oxygen atoms in total. The highest BCUT2D eigenvalue weighted by molar-refractivity contribution is 7.77. The van der Waals surface area contributed by atoms with Crippen LogP contribution in [0.25, 0.3) is 5.57 Å². The van der Waals surface area contributed by atoms with Gasteiger partial charge in [0.15, 0.2) is 7.14 Å². The summed E-state index contributed by atoms with van der Waals surface area (Å²) < 4.78 is 21.2. The molecule has 1 unspecified atom stereocenters. The van der Waals surface area contributed by atoms with Gasteiger partial charge in [-0.05, 0) is 32.1 Å². The molecular formula is C22H31O2PSi. The molecule has 0 saturated heterocycles. The van der Waals surface area contributed by atoms with Gasteiger partial charge in [-0.15, -0.1) is 0 Å². The standard InChI is InChI=1S/C22H31O2PSi/c1-18(19-14-10-8-11-15-19)21(24-26(5,6)7)25(23,22(2,3)4)20-16-12-9-13-17-20/h8-17H,1-7H3/b21-18-. The monoisotopic (exact) mass is 386 g/mol. The van der Waals surface area contributed by atoms with Gasteiger partial charge in [-0.25, -0.2) is 0 Å². The highest BCUT2D eigenvalue weighted by Gasteiger charge is 2.45. The van der Waals surface area contributed by atoms with Crippen LogP contribution in [0.5, 0.6) is 0 Å². The van der Waals surface area contributed by atoms with Gasteiger partial charge in [0.1, 0.15) is 5.50 Å². The third-order valence-corrected chi connectivity index (χ3v) is 9.18. The number of allylic oxidation sites excluding steroid dienone is 1. The van der Waals surface area contributed by atoms with Crippen LogP contribution in [0.3, 0.4) is 0 Å².